The van der Waals surface area contributed by atoms with Crippen LogP contribution in [0.4, 0.5) is 0 Å². The molecule has 0 aliphatic heterocycles. The molecule has 4 heteroatoms. The van der Waals surface area contributed by atoms with Crippen LogP contribution in [0, 0.1) is 9.49 Å². The predicted octanol–water partition coefficient (Wildman–Crippen LogP) is 2.88. The van der Waals surface area contributed by atoms with E-state index in [4.69, 9.17) is 0 Å². The van der Waals surface area contributed by atoms with Gasteiger partial charge in [0.15, 0.2) is 0 Å². The molecule has 1 aliphatic rings. The Bertz CT molecular complexity index is 346. The van der Waals surface area contributed by atoms with Crippen molar-refractivity contribution in [3.05, 3.63) is 19.9 Å². The van der Waals surface area contributed by atoms with Crippen molar-refractivity contribution in [3.63, 3.8) is 0 Å². The highest BCUT2D eigenvalue weighted by atomic mass is 127. The lowest BCUT2D eigenvalue weighted by atomic mass is 10.2. The average molecular weight is 321 g/mol. The van der Waals surface area contributed by atoms with Gasteiger partial charge in [-0.3, -0.25) is 4.79 Å². The molecule has 1 aliphatic carbocycles. The Morgan fingerprint density at radius 1 is 1.71 bits per heavy atom. The molecule has 1 heterocycles. The minimum Gasteiger partial charge on any atom is -0.349 e. The third-order valence-electron chi connectivity index (χ3n) is 2.51. The first-order valence-electron chi connectivity index (χ1n) is 4.72. The minimum atomic E-state index is 0.0869. The third-order valence-corrected chi connectivity index (χ3v) is 4.69. The summed E-state index contributed by atoms with van der Waals surface area (Å²) in [7, 11) is 0. The lowest BCUT2D eigenvalue weighted by molar-refractivity contribution is 0.0939. The van der Waals surface area contributed by atoms with E-state index in [1.807, 2.05) is 11.4 Å². The quantitative estimate of drug-likeness (QED) is 0.852. The summed E-state index contributed by atoms with van der Waals surface area (Å²) in [4.78, 5) is 12.6. The average Bonchev–Trinajstić information content (AvgIpc) is 2.89. The molecular formula is C10H12INOS. The Morgan fingerprint density at radius 3 is 2.93 bits per heavy atom. The second-order valence-electron chi connectivity index (χ2n) is 3.70. The summed E-state index contributed by atoms with van der Waals surface area (Å²) in [5.41, 5.74) is 0. The van der Waals surface area contributed by atoms with E-state index in [0.29, 0.717) is 6.04 Å². The van der Waals surface area contributed by atoms with Gasteiger partial charge in [0.2, 0.25) is 0 Å². The van der Waals surface area contributed by atoms with Gasteiger partial charge in [-0.25, -0.2) is 0 Å². The molecule has 0 aromatic carbocycles. The number of nitrogens with one attached hydrogen (secondary N) is 1. The number of thiophene rings is 1. The topological polar surface area (TPSA) is 29.1 Å². The molecule has 1 fully saturated rings. The van der Waals surface area contributed by atoms with E-state index >= 15 is 0 Å². The highest BCUT2D eigenvalue weighted by Crippen LogP contribution is 2.32. The molecule has 1 amide bonds. The maximum Gasteiger partial charge on any atom is 0.262 e. The summed E-state index contributed by atoms with van der Waals surface area (Å²) in [5.74, 6) is 0.806. The summed E-state index contributed by atoms with van der Waals surface area (Å²) in [6, 6.07) is 2.31. The largest absolute Gasteiger partial charge is 0.349 e. The van der Waals surface area contributed by atoms with Crippen LogP contribution < -0.4 is 5.32 Å². The number of hydrogen-bond acceptors (Lipinski definition) is 2. The summed E-state index contributed by atoms with van der Waals surface area (Å²) in [6.07, 6.45) is 2.53. The molecule has 2 rings (SSSR count). The van der Waals surface area contributed by atoms with Crippen LogP contribution in [0.15, 0.2) is 11.4 Å². The Kier molecular flexibility index (Phi) is 3.11. The zero-order valence-corrected chi connectivity index (χ0v) is 10.9. The molecule has 1 N–H and O–H groups in total. The standard InChI is InChI=1S/C10H12INOS/c1-6(7-2-3-7)12-10(13)9-8(11)4-5-14-9/h4-7H,2-3H2,1H3,(H,12,13). The van der Waals surface area contributed by atoms with Gasteiger partial charge in [-0.15, -0.1) is 11.3 Å². The highest BCUT2D eigenvalue weighted by molar-refractivity contribution is 14.1. The second kappa shape index (κ2) is 4.18. The Morgan fingerprint density at radius 2 is 2.43 bits per heavy atom. The van der Waals surface area contributed by atoms with Gasteiger partial charge >= 0.3 is 0 Å². The van der Waals surface area contributed by atoms with Gasteiger partial charge in [0, 0.05) is 9.61 Å². The van der Waals surface area contributed by atoms with Gasteiger partial charge in [-0.2, -0.15) is 0 Å². The van der Waals surface area contributed by atoms with Crippen LogP contribution in [0.1, 0.15) is 29.4 Å². The molecule has 2 nitrogen and oxygen atoms in total. The number of rotatable bonds is 3. The van der Waals surface area contributed by atoms with E-state index in [0.717, 1.165) is 14.4 Å². The van der Waals surface area contributed by atoms with Gasteiger partial charge in [0.25, 0.3) is 5.91 Å². The molecule has 1 aromatic rings. The molecule has 0 radical (unpaired) electrons. The third kappa shape index (κ3) is 2.28. The zero-order valence-electron chi connectivity index (χ0n) is 7.92. The number of halogens is 1. The fraction of sp³-hybridized carbons (Fsp3) is 0.500. The Hall–Kier alpha value is -0.100. The van der Waals surface area contributed by atoms with Crippen molar-refractivity contribution in [1.82, 2.24) is 5.32 Å². The van der Waals surface area contributed by atoms with Crippen molar-refractivity contribution >= 4 is 39.8 Å². The molecule has 1 atom stereocenters. The molecule has 1 unspecified atom stereocenters. The van der Waals surface area contributed by atoms with Crippen molar-refractivity contribution in [3.8, 4) is 0 Å². The molecule has 1 saturated carbocycles. The predicted molar refractivity (Wildman–Crippen MR) is 66.7 cm³/mol. The van der Waals surface area contributed by atoms with Crippen LogP contribution in [0.3, 0.4) is 0 Å². The highest BCUT2D eigenvalue weighted by Gasteiger charge is 2.29. The van der Waals surface area contributed by atoms with Crippen molar-refractivity contribution in [2.75, 3.05) is 0 Å². The Balaban J connectivity index is 1.98. The van der Waals surface area contributed by atoms with Gasteiger partial charge < -0.3 is 5.32 Å². The molecular weight excluding hydrogens is 309 g/mol. The molecule has 0 saturated heterocycles. The first-order chi connectivity index (χ1) is 6.68. The van der Waals surface area contributed by atoms with Crippen LogP contribution in [0.5, 0.6) is 0 Å². The molecule has 1 aromatic heterocycles. The van der Waals surface area contributed by atoms with Crippen LogP contribution in [-0.2, 0) is 0 Å². The minimum absolute atomic E-state index is 0.0869. The molecule has 0 bridgehead atoms. The van der Waals surface area contributed by atoms with Crippen LogP contribution >= 0.6 is 33.9 Å². The van der Waals surface area contributed by atoms with E-state index in [1.165, 1.54) is 24.2 Å². The SMILES string of the molecule is CC(NC(=O)c1sccc1I)C1CC1. The lowest BCUT2D eigenvalue weighted by Crippen LogP contribution is -2.33. The van der Waals surface area contributed by atoms with Crippen LogP contribution in [0.25, 0.3) is 0 Å². The number of carbonyl (C=O) groups is 1. The van der Waals surface area contributed by atoms with Gasteiger partial charge in [-0.05, 0) is 59.7 Å². The summed E-state index contributed by atoms with van der Waals surface area (Å²) >= 11 is 3.71. The lowest BCUT2D eigenvalue weighted by Gasteiger charge is -2.11. The summed E-state index contributed by atoms with van der Waals surface area (Å²) in [6.45, 7) is 2.09. The van der Waals surface area contributed by atoms with E-state index in [9.17, 15) is 4.79 Å². The van der Waals surface area contributed by atoms with E-state index in [2.05, 4.69) is 34.8 Å². The van der Waals surface area contributed by atoms with Crippen molar-refractivity contribution < 1.29 is 4.79 Å². The van der Waals surface area contributed by atoms with E-state index in [-0.39, 0.29) is 5.91 Å². The maximum atomic E-state index is 11.8. The first-order valence-corrected chi connectivity index (χ1v) is 6.68. The van der Waals surface area contributed by atoms with Crippen LogP contribution in [-0.4, -0.2) is 11.9 Å². The monoisotopic (exact) mass is 321 g/mol. The number of hydrogen-bond donors (Lipinski definition) is 1. The first kappa shape index (κ1) is 10.4. The maximum absolute atomic E-state index is 11.8. The number of carbonyl (C=O) groups excluding carboxylic acids is 1. The van der Waals surface area contributed by atoms with Crippen molar-refractivity contribution in [2.45, 2.75) is 25.8 Å². The normalized spacial score (nSPS) is 17.9. The molecule has 76 valence electrons. The molecule has 0 spiro atoms. The van der Waals surface area contributed by atoms with Crippen molar-refractivity contribution in [2.24, 2.45) is 5.92 Å². The van der Waals surface area contributed by atoms with Gasteiger partial charge in [0.1, 0.15) is 4.88 Å². The number of amides is 1. The zero-order chi connectivity index (χ0) is 10.1. The van der Waals surface area contributed by atoms with Gasteiger partial charge in [0.05, 0.1) is 0 Å². The second-order valence-corrected chi connectivity index (χ2v) is 5.78. The molecule has 14 heavy (non-hydrogen) atoms. The Labute approximate surface area is 101 Å². The summed E-state index contributed by atoms with van der Waals surface area (Å²) in [5, 5.41) is 5.01. The van der Waals surface area contributed by atoms with Gasteiger partial charge in [-0.1, -0.05) is 0 Å². The van der Waals surface area contributed by atoms with E-state index in [1.54, 1.807) is 0 Å². The summed E-state index contributed by atoms with van der Waals surface area (Å²) < 4.78 is 1.05. The van der Waals surface area contributed by atoms with Crippen LogP contribution in [0.2, 0.25) is 0 Å². The van der Waals surface area contributed by atoms with E-state index < -0.39 is 0 Å². The fourth-order valence-electron chi connectivity index (χ4n) is 1.44. The smallest absolute Gasteiger partial charge is 0.262 e. The van der Waals surface area contributed by atoms with Crippen molar-refractivity contribution in [1.29, 1.82) is 0 Å². The fourth-order valence-corrected chi connectivity index (χ4v) is 3.18.